The molecule has 0 amide bonds. The molecule has 0 aromatic carbocycles. The Morgan fingerprint density at radius 3 is 1.42 bits per heavy atom. The molecule has 0 N–H and O–H groups in total. The maximum absolute atomic E-state index is 12.8. The van der Waals surface area contributed by atoms with Gasteiger partial charge in [0.1, 0.15) is 0 Å². The molecule has 0 fully saturated rings. The summed E-state index contributed by atoms with van der Waals surface area (Å²) in [5.41, 5.74) is 0. The van der Waals surface area contributed by atoms with E-state index in [4.69, 9.17) is 0 Å². The Balaban J connectivity index is 5.72. The summed E-state index contributed by atoms with van der Waals surface area (Å²) in [4.78, 5) is 10.3. The van der Waals surface area contributed by atoms with Crippen LogP contribution in [0.25, 0.3) is 0 Å². The van der Waals surface area contributed by atoms with Crippen LogP contribution in [0.5, 0.6) is 0 Å². The van der Waals surface area contributed by atoms with E-state index in [0.717, 1.165) is 0 Å². The van der Waals surface area contributed by atoms with Gasteiger partial charge in [0, 0.05) is 0 Å². The van der Waals surface area contributed by atoms with E-state index in [1.165, 1.54) is 0 Å². The second kappa shape index (κ2) is 4.76. The lowest BCUT2D eigenvalue weighted by atomic mass is 10.1. The van der Waals surface area contributed by atoms with Crippen molar-refractivity contribution in [3.63, 3.8) is 0 Å². The second-order valence-corrected chi connectivity index (χ2v) is 2.89. The van der Waals surface area contributed by atoms with Crippen LogP contribution in [-0.2, 0) is 9.53 Å². The molecule has 0 aliphatic rings. The Bertz CT molecular complexity index is 342. The van der Waals surface area contributed by atoms with Crippen molar-refractivity contribution in [2.24, 2.45) is 0 Å². The molecular formula is C6HF11O2. The molecule has 19 heavy (non-hydrogen) atoms. The Morgan fingerprint density at radius 1 is 0.842 bits per heavy atom. The summed E-state index contributed by atoms with van der Waals surface area (Å²) in [6.45, 7) is 0. The van der Waals surface area contributed by atoms with E-state index in [1.807, 2.05) is 0 Å². The lowest BCUT2D eigenvalue weighted by Gasteiger charge is -2.29. The van der Waals surface area contributed by atoms with Gasteiger partial charge in [0.25, 0.3) is 5.78 Å². The summed E-state index contributed by atoms with van der Waals surface area (Å²) >= 11 is 0. The monoisotopic (exact) mass is 314 g/mol. The van der Waals surface area contributed by atoms with Gasteiger partial charge in [-0.2, -0.15) is 26.3 Å². The third kappa shape index (κ3) is 3.67. The van der Waals surface area contributed by atoms with E-state index >= 15 is 0 Å². The number of halogens is 11. The standard InChI is InChI=1S/C6HF11O2/c7-2(8)3(9,10)1(18)4(11,5(12,13)14)19-6(15,16)17/h2H. The van der Waals surface area contributed by atoms with Gasteiger partial charge >= 0.3 is 30.7 Å². The first-order valence-corrected chi connectivity index (χ1v) is 3.79. The minimum Gasteiger partial charge on any atom is -0.286 e. The van der Waals surface area contributed by atoms with Crippen molar-refractivity contribution in [3.8, 4) is 0 Å². The number of ether oxygens (including phenoxy) is 1. The predicted molar refractivity (Wildman–Crippen MR) is 33.0 cm³/mol. The van der Waals surface area contributed by atoms with Crippen LogP contribution in [-0.4, -0.2) is 36.5 Å². The van der Waals surface area contributed by atoms with Crippen molar-refractivity contribution in [2.75, 3.05) is 0 Å². The highest BCUT2D eigenvalue weighted by Crippen LogP contribution is 2.44. The molecule has 0 bridgehead atoms. The SMILES string of the molecule is O=C(C(F)(F)C(F)F)C(F)(OC(F)(F)F)C(F)(F)F. The van der Waals surface area contributed by atoms with Gasteiger partial charge in [-0.3, -0.25) is 4.79 Å². The number of hydrogen-bond donors (Lipinski definition) is 0. The molecule has 0 aromatic rings. The fraction of sp³-hybridized carbons (Fsp3) is 0.833. The molecule has 0 saturated heterocycles. The predicted octanol–water partition coefficient (Wildman–Crippen LogP) is 3.22. The smallest absolute Gasteiger partial charge is 0.286 e. The molecule has 1 atom stereocenters. The lowest BCUT2D eigenvalue weighted by Crippen LogP contribution is -2.60. The van der Waals surface area contributed by atoms with Crippen LogP contribution in [0.15, 0.2) is 0 Å². The molecule has 0 aliphatic carbocycles. The van der Waals surface area contributed by atoms with Crippen molar-refractivity contribution >= 4 is 5.78 Å². The first-order chi connectivity index (χ1) is 8.06. The average Bonchev–Trinajstić information content (AvgIpc) is 2.11. The maximum atomic E-state index is 12.8. The van der Waals surface area contributed by atoms with Crippen molar-refractivity contribution in [1.29, 1.82) is 0 Å². The number of hydrogen-bond acceptors (Lipinski definition) is 2. The number of Topliss-reactive ketones (excluding diaryl/α,β-unsaturated/α-hetero) is 1. The molecule has 13 heteroatoms. The van der Waals surface area contributed by atoms with Gasteiger partial charge in [-0.15, -0.1) is 13.2 Å². The van der Waals surface area contributed by atoms with E-state index < -0.39 is 36.5 Å². The van der Waals surface area contributed by atoms with Gasteiger partial charge in [0.15, 0.2) is 0 Å². The van der Waals surface area contributed by atoms with Gasteiger partial charge in [0.05, 0.1) is 0 Å². The molecule has 0 aliphatic heterocycles. The Morgan fingerprint density at radius 2 is 1.21 bits per heavy atom. The highest BCUT2D eigenvalue weighted by molar-refractivity contribution is 5.93. The zero-order chi connectivity index (χ0) is 15.9. The Hall–Kier alpha value is -1.14. The zero-order valence-corrected chi connectivity index (χ0v) is 8.05. The van der Waals surface area contributed by atoms with E-state index in [1.54, 1.807) is 4.74 Å². The van der Waals surface area contributed by atoms with Gasteiger partial charge < -0.3 is 0 Å². The number of rotatable bonds is 4. The maximum Gasteiger partial charge on any atom is 0.525 e. The van der Waals surface area contributed by atoms with Gasteiger partial charge in [0.2, 0.25) is 0 Å². The highest BCUT2D eigenvalue weighted by atomic mass is 19.4. The van der Waals surface area contributed by atoms with Crippen molar-refractivity contribution in [2.45, 2.75) is 30.7 Å². The van der Waals surface area contributed by atoms with E-state index in [-0.39, 0.29) is 0 Å². The second-order valence-electron chi connectivity index (χ2n) is 2.89. The zero-order valence-electron chi connectivity index (χ0n) is 8.05. The van der Waals surface area contributed by atoms with Crippen LogP contribution < -0.4 is 0 Å². The average molecular weight is 314 g/mol. The molecule has 0 aromatic heterocycles. The quantitative estimate of drug-likeness (QED) is 0.745. The van der Waals surface area contributed by atoms with Crippen LogP contribution in [0.2, 0.25) is 0 Å². The molecule has 114 valence electrons. The summed E-state index contributed by atoms with van der Waals surface area (Å²) in [6.07, 6.45) is -18.6. The van der Waals surface area contributed by atoms with Crippen molar-refractivity contribution < 1.29 is 57.8 Å². The molecular weight excluding hydrogens is 313 g/mol. The number of alkyl halides is 11. The topological polar surface area (TPSA) is 26.3 Å². The molecule has 2 nitrogen and oxygen atoms in total. The third-order valence-electron chi connectivity index (χ3n) is 1.49. The molecule has 0 rings (SSSR count). The fourth-order valence-electron chi connectivity index (χ4n) is 0.706. The summed E-state index contributed by atoms with van der Waals surface area (Å²) < 4.78 is 132. The minimum atomic E-state index is -6.95. The van der Waals surface area contributed by atoms with E-state index in [2.05, 4.69) is 0 Å². The van der Waals surface area contributed by atoms with Crippen LogP contribution in [0.1, 0.15) is 0 Å². The van der Waals surface area contributed by atoms with E-state index in [0.29, 0.717) is 0 Å². The Labute approximate surface area is 95.7 Å². The van der Waals surface area contributed by atoms with Crippen molar-refractivity contribution in [1.82, 2.24) is 0 Å². The number of ketones is 1. The van der Waals surface area contributed by atoms with Gasteiger partial charge in [-0.05, 0) is 0 Å². The molecule has 1 unspecified atom stereocenters. The van der Waals surface area contributed by atoms with Gasteiger partial charge in [-0.25, -0.2) is 13.5 Å². The summed E-state index contributed by atoms with van der Waals surface area (Å²) in [7, 11) is 0. The van der Waals surface area contributed by atoms with E-state index in [9.17, 15) is 53.1 Å². The third-order valence-corrected chi connectivity index (χ3v) is 1.49. The Kier molecular flexibility index (Phi) is 4.47. The lowest BCUT2D eigenvalue weighted by molar-refractivity contribution is -0.435. The first-order valence-electron chi connectivity index (χ1n) is 3.79. The number of carbonyl (C=O) groups is 1. The summed E-state index contributed by atoms with van der Waals surface area (Å²) in [6, 6.07) is 0. The van der Waals surface area contributed by atoms with Crippen LogP contribution in [0, 0.1) is 0 Å². The first kappa shape index (κ1) is 17.9. The fourth-order valence-corrected chi connectivity index (χ4v) is 0.706. The molecule has 0 heterocycles. The molecule has 0 radical (unpaired) electrons. The highest BCUT2D eigenvalue weighted by Gasteiger charge is 2.74. The summed E-state index contributed by atoms with van der Waals surface area (Å²) in [5, 5.41) is 0. The van der Waals surface area contributed by atoms with Crippen LogP contribution in [0.3, 0.4) is 0 Å². The summed E-state index contributed by atoms with van der Waals surface area (Å²) in [5.74, 6) is -17.4. The number of carbonyl (C=O) groups excluding carboxylic acids is 1. The van der Waals surface area contributed by atoms with Gasteiger partial charge in [-0.1, -0.05) is 0 Å². The van der Waals surface area contributed by atoms with Crippen LogP contribution >= 0.6 is 0 Å². The van der Waals surface area contributed by atoms with Crippen molar-refractivity contribution in [3.05, 3.63) is 0 Å². The van der Waals surface area contributed by atoms with Crippen LogP contribution in [0.4, 0.5) is 48.3 Å². The molecule has 0 saturated carbocycles. The normalized spacial score (nSPS) is 17.5. The minimum absolute atomic E-state index is 1.63. The molecule has 0 spiro atoms. The largest absolute Gasteiger partial charge is 0.525 e.